The number of aryl methyl sites for hydroxylation is 1. The molecule has 1 heterocycles. The van der Waals surface area contributed by atoms with Crippen LogP contribution >= 0.6 is 11.3 Å². The van der Waals surface area contributed by atoms with E-state index in [4.69, 9.17) is 9.47 Å². The highest BCUT2D eigenvalue weighted by molar-refractivity contribution is 7.09. The van der Waals surface area contributed by atoms with Gasteiger partial charge < -0.3 is 9.47 Å². The van der Waals surface area contributed by atoms with Gasteiger partial charge in [-0.3, -0.25) is 4.79 Å². The number of esters is 2. The maximum absolute atomic E-state index is 11.6. The number of ether oxygens (including phenoxy) is 2. The van der Waals surface area contributed by atoms with Gasteiger partial charge in [-0.05, 0) is 26.7 Å². The number of hydrogen-bond donors (Lipinski definition) is 0. The van der Waals surface area contributed by atoms with Crippen LogP contribution < -0.4 is 0 Å². The molecule has 0 bridgehead atoms. The second-order valence-corrected chi connectivity index (χ2v) is 4.44. The molecule has 0 aliphatic heterocycles. The zero-order valence-corrected chi connectivity index (χ0v) is 11.4. The van der Waals surface area contributed by atoms with E-state index < -0.39 is 5.97 Å². The molecule has 0 aliphatic rings. The van der Waals surface area contributed by atoms with Crippen LogP contribution in [0.15, 0.2) is 5.51 Å². The van der Waals surface area contributed by atoms with Gasteiger partial charge in [0, 0.05) is 11.3 Å². The Morgan fingerprint density at radius 2 is 2.00 bits per heavy atom. The Morgan fingerprint density at radius 1 is 1.28 bits per heavy atom. The van der Waals surface area contributed by atoms with Gasteiger partial charge in [-0.25, -0.2) is 9.78 Å². The second-order valence-electron chi connectivity index (χ2n) is 3.50. The van der Waals surface area contributed by atoms with E-state index in [1.165, 1.54) is 11.3 Å². The molecule has 0 unspecified atom stereocenters. The predicted octanol–water partition coefficient (Wildman–Crippen LogP) is 2.21. The predicted molar refractivity (Wildman–Crippen MR) is 67.6 cm³/mol. The Labute approximate surface area is 110 Å². The van der Waals surface area contributed by atoms with Crippen LogP contribution in [0.4, 0.5) is 0 Å². The third-order valence-electron chi connectivity index (χ3n) is 2.20. The molecule has 1 rings (SSSR count). The van der Waals surface area contributed by atoms with Crippen molar-refractivity contribution >= 4 is 23.3 Å². The standard InChI is InChI=1S/C12H17NO4S/c1-3-16-10(14)7-5-6-9-11(13-8-18-9)12(15)17-4-2/h8H,3-7H2,1-2H3. The van der Waals surface area contributed by atoms with Gasteiger partial charge in [-0.15, -0.1) is 11.3 Å². The Bertz CT molecular complexity index is 403. The number of nitrogens with zero attached hydrogens (tertiary/aromatic N) is 1. The minimum absolute atomic E-state index is 0.209. The number of hydrogen-bond acceptors (Lipinski definition) is 6. The highest BCUT2D eigenvalue weighted by Gasteiger charge is 2.15. The summed E-state index contributed by atoms with van der Waals surface area (Å²) in [6, 6.07) is 0. The molecule has 0 amide bonds. The fourth-order valence-electron chi connectivity index (χ4n) is 1.44. The Morgan fingerprint density at radius 3 is 2.67 bits per heavy atom. The molecule has 0 saturated heterocycles. The molecular formula is C12H17NO4S. The number of thiazole rings is 1. The van der Waals surface area contributed by atoms with Gasteiger partial charge in [0.15, 0.2) is 5.69 Å². The normalized spacial score (nSPS) is 10.1. The number of carbonyl (C=O) groups is 2. The summed E-state index contributed by atoms with van der Waals surface area (Å²) in [5.41, 5.74) is 1.98. The summed E-state index contributed by atoms with van der Waals surface area (Å²) < 4.78 is 9.74. The smallest absolute Gasteiger partial charge is 0.358 e. The van der Waals surface area contributed by atoms with E-state index in [0.717, 1.165) is 4.88 Å². The molecule has 0 spiro atoms. The summed E-state index contributed by atoms with van der Waals surface area (Å²) in [6.45, 7) is 4.26. The van der Waals surface area contributed by atoms with Crippen LogP contribution in [0.5, 0.6) is 0 Å². The molecule has 1 aromatic rings. The van der Waals surface area contributed by atoms with Gasteiger partial charge >= 0.3 is 11.9 Å². The number of carbonyl (C=O) groups excluding carboxylic acids is 2. The molecule has 0 atom stereocenters. The van der Waals surface area contributed by atoms with E-state index in [0.29, 0.717) is 38.2 Å². The first-order valence-electron chi connectivity index (χ1n) is 5.94. The van der Waals surface area contributed by atoms with E-state index in [9.17, 15) is 9.59 Å². The maximum atomic E-state index is 11.6. The van der Waals surface area contributed by atoms with Gasteiger partial charge in [0.2, 0.25) is 0 Å². The Hall–Kier alpha value is -1.43. The van der Waals surface area contributed by atoms with E-state index in [-0.39, 0.29) is 5.97 Å². The summed E-state index contributed by atoms with van der Waals surface area (Å²) in [4.78, 5) is 27.6. The van der Waals surface area contributed by atoms with Gasteiger partial charge in [-0.2, -0.15) is 0 Å². The molecule has 18 heavy (non-hydrogen) atoms. The molecule has 0 radical (unpaired) electrons. The van der Waals surface area contributed by atoms with E-state index in [1.54, 1.807) is 19.4 Å². The van der Waals surface area contributed by atoms with Crippen LogP contribution in [0.2, 0.25) is 0 Å². The van der Waals surface area contributed by atoms with E-state index in [2.05, 4.69) is 4.98 Å². The molecule has 0 fully saturated rings. The molecule has 1 aromatic heterocycles. The molecular weight excluding hydrogens is 254 g/mol. The lowest BCUT2D eigenvalue weighted by atomic mass is 10.2. The summed E-state index contributed by atoms with van der Waals surface area (Å²) in [5.74, 6) is -0.607. The lowest BCUT2D eigenvalue weighted by Gasteiger charge is -2.03. The molecule has 0 aliphatic carbocycles. The zero-order chi connectivity index (χ0) is 13.4. The van der Waals surface area contributed by atoms with E-state index >= 15 is 0 Å². The van der Waals surface area contributed by atoms with Crippen molar-refractivity contribution in [3.05, 3.63) is 16.1 Å². The van der Waals surface area contributed by atoms with Gasteiger partial charge in [0.1, 0.15) is 0 Å². The van der Waals surface area contributed by atoms with Gasteiger partial charge in [0.05, 0.1) is 18.7 Å². The molecule has 0 aromatic carbocycles. The largest absolute Gasteiger partial charge is 0.466 e. The summed E-state index contributed by atoms with van der Waals surface area (Å²) in [6.07, 6.45) is 1.64. The zero-order valence-electron chi connectivity index (χ0n) is 10.6. The number of rotatable bonds is 7. The Balaban J connectivity index is 2.45. The van der Waals surface area contributed by atoms with Crippen molar-refractivity contribution in [2.75, 3.05) is 13.2 Å². The average molecular weight is 271 g/mol. The van der Waals surface area contributed by atoms with Gasteiger partial charge in [0.25, 0.3) is 0 Å². The summed E-state index contributed by atoms with van der Waals surface area (Å²) in [7, 11) is 0. The van der Waals surface area contributed by atoms with Gasteiger partial charge in [-0.1, -0.05) is 0 Å². The minimum atomic E-state index is -0.398. The fraction of sp³-hybridized carbons (Fsp3) is 0.583. The topological polar surface area (TPSA) is 65.5 Å². The van der Waals surface area contributed by atoms with Crippen LogP contribution in [-0.4, -0.2) is 30.1 Å². The SMILES string of the molecule is CCOC(=O)CCCc1scnc1C(=O)OCC. The molecule has 0 N–H and O–H groups in total. The van der Waals surface area contributed by atoms with Crippen LogP contribution in [0.3, 0.4) is 0 Å². The van der Waals surface area contributed by atoms with Crippen LogP contribution in [0, 0.1) is 0 Å². The average Bonchev–Trinajstić information content (AvgIpc) is 2.78. The first-order chi connectivity index (χ1) is 8.69. The van der Waals surface area contributed by atoms with Crippen molar-refractivity contribution in [1.82, 2.24) is 4.98 Å². The van der Waals surface area contributed by atoms with Crippen molar-refractivity contribution in [1.29, 1.82) is 0 Å². The second kappa shape index (κ2) is 7.81. The monoisotopic (exact) mass is 271 g/mol. The summed E-state index contributed by atoms with van der Waals surface area (Å²) in [5, 5.41) is 0. The molecule has 0 saturated carbocycles. The molecule has 5 nitrogen and oxygen atoms in total. The van der Waals surface area contributed by atoms with Crippen molar-refractivity contribution in [2.24, 2.45) is 0 Å². The first kappa shape index (κ1) is 14.6. The molecule has 100 valence electrons. The quantitative estimate of drug-likeness (QED) is 0.711. The maximum Gasteiger partial charge on any atom is 0.358 e. The Kier molecular flexibility index (Phi) is 6.35. The molecule has 6 heteroatoms. The highest BCUT2D eigenvalue weighted by atomic mass is 32.1. The third-order valence-corrected chi connectivity index (χ3v) is 3.09. The van der Waals surface area contributed by atoms with E-state index in [1.807, 2.05) is 0 Å². The highest BCUT2D eigenvalue weighted by Crippen LogP contribution is 2.17. The van der Waals surface area contributed by atoms with Crippen LogP contribution in [0.1, 0.15) is 42.1 Å². The van der Waals surface area contributed by atoms with Crippen molar-refractivity contribution in [3.63, 3.8) is 0 Å². The lowest BCUT2D eigenvalue weighted by molar-refractivity contribution is -0.143. The number of aromatic nitrogens is 1. The van der Waals surface area contributed by atoms with Crippen molar-refractivity contribution in [2.45, 2.75) is 33.1 Å². The first-order valence-corrected chi connectivity index (χ1v) is 6.82. The lowest BCUT2D eigenvalue weighted by Crippen LogP contribution is -2.08. The van der Waals surface area contributed by atoms with Crippen molar-refractivity contribution < 1.29 is 19.1 Å². The minimum Gasteiger partial charge on any atom is -0.466 e. The fourth-order valence-corrected chi connectivity index (χ4v) is 2.24. The third kappa shape index (κ3) is 4.44. The summed E-state index contributed by atoms with van der Waals surface area (Å²) >= 11 is 1.40. The van der Waals surface area contributed by atoms with Crippen LogP contribution in [0.25, 0.3) is 0 Å². The van der Waals surface area contributed by atoms with Crippen LogP contribution in [-0.2, 0) is 20.7 Å². The van der Waals surface area contributed by atoms with Crippen molar-refractivity contribution in [3.8, 4) is 0 Å².